The fraction of sp³-hybridized carbons (Fsp3) is 0.308. The van der Waals surface area contributed by atoms with Gasteiger partial charge in [0.15, 0.2) is 0 Å². The predicted molar refractivity (Wildman–Crippen MR) is 257 cm³/mol. The highest BCUT2D eigenvalue weighted by Crippen LogP contribution is 2.39. The Kier molecular flexibility index (Phi) is 15.3. The SMILES string of the molecule is Cc1c(COc2cc(OCc3cncc(C#N)c3)c(CN3CC[C@H]3CO)cc2Br)cccc1-c1cccc(COc2cc(OCc3cncc(C#N)c3)c(CN3CC[C@H]3CO)cc2Br)c1C. The lowest BCUT2D eigenvalue weighted by molar-refractivity contribution is 0.0348. The average Bonchev–Trinajstić information content (AvgIpc) is 3.31. The molecule has 2 aliphatic heterocycles. The second-order valence-corrected chi connectivity index (χ2v) is 18.4. The Balaban J connectivity index is 0.986. The quantitative estimate of drug-likeness (QED) is 0.0794. The standard InChI is InChI=1S/C52H50Br2N6O6/c1-33-39(31-65-51-17-49(63-29-37-13-35(19-55)21-57-23-37)41(15-47(51)53)25-59-11-9-43(59)27-61)5-3-7-45(33)46-8-4-6-40(34(46)2)32-66-52-18-50(64-30-38-14-36(20-56)22-58-24-38)42(16-48(52)54)26-60-12-10-44(60)28-62/h3-8,13-18,21-24,43-44,61-62H,9-12,25-32H2,1-2H3/t43-,44-/m0/s1. The number of nitrogens with zero attached hydrogens (tertiary/aromatic N) is 6. The Hall–Kier alpha value is -5.84. The maximum Gasteiger partial charge on any atom is 0.137 e. The summed E-state index contributed by atoms with van der Waals surface area (Å²) in [4.78, 5) is 12.8. The van der Waals surface area contributed by atoms with Gasteiger partial charge in [0.05, 0.1) is 33.3 Å². The number of halogens is 2. The lowest BCUT2D eigenvalue weighted by Crippen LogP contribution is -2.49. The zero-order valence-corrected chi connectivity index (χ0v) is 40.0. The number of rotatable bonds is 19. The number of hydrogen-bond acceptors (Lipinski definition) is 12. The highest BCUT2D eigenvalue weighted by Gasteiger charge is 2.30. The Bertz CT molecular complexity index is 2600. The van der Waals surface area contributed by atoms with Gasteiger partial charge in [-0.25, -0.2) is 0 Å². The van der Waals surface area contributed by atoms with Gasteiger partial charge in [-0.1, -0.05) is 36.4 Å². The van der Waals surface area contributed by atoms with Gasteiger partial charge in [0.1, 0.15) is 61.6 Å². The van der Waals surface area contributed by atoms with Crippen molar-refractivity contribution in [1.82, 2.24) is 19.8 Å². The van der Waals surface area contributed by atoms with Crippen LogP contribution in [0.5, 0.6) is 23.0 Å². The van der Waals surface area contributed by atoms with Crippen molar-refractivity contribution in [2.75, 3.05) is 26.3 Å². The lowest BCUT2D eigenvalue weighted by atomic mass is 9.92. The van der Waals surface area contributed by atoms with E-state index in [0.29, 0.717) is 60.4 Å². The minimum atomic E-state index is 0.110. The van der Waals surface area contributed by atoms with Gasteiger partial charge in [-0.3, -0.25) is 19.8 Å². The summed E-state index contributed by atoms with van der Waals surface area (Å²) in [6, 6.07) is 28.5. The highest BCUT2D eigenvalue weighted by atomic mass is 79.9. The Morgan fingerprint density at radius 2 is 1.00 bits per heavy atom. The summed E-state index contributed by atoms with van der Waals surface area (Å²) in [7, 11) is 0. The molecule has 0 amide bonds. The van der Waals surface area contributed by atoms with Crippen LogP contribution in [-0.4, -0.2) is 68.4 Å². The van der Waals surface area contributed by atoms with E-state index < -0.39 is 0 Å². The molecule has 0 bridgehead atoms. The van der Waals surface area contributed by atoms with Gasteiger partial charge >= 0.3 is 0 Å². The minimum Gasteiger partial charge on any atom is -0.488 e. The third-order valence-electron chi connectivity index (χ3n) is 12.5. The number of aromatic nitrogens is 2. The number of benzene rings is 4. The largest absolute Gasteiger partial charge is 0.488 e. The van der Waals surface area contributed by atoms with E-state index in [1.165, 1.54) is 12.4 Å². The topological polar surface area (TPSA) is 157 Å². The fourth-order valence-corrected chi connectivity index (χ4v) is 9.31. The number of aliphatic hydroxyl groups excluding tert-OH is 2. The molecule has 0 unspecified atom stereocenters. The predicted octanol–water partition coefficient (Wildman–Crippen LogP) is 9.48. The van der Waals surface area contributed by atoms with Crippen LogP contribution in [0.2, 0.25) is 0 Å². The fourth-order valence-electron chi connectivity index (χ4n) is 8.30. The lowest BCUT2D eigenvalue weighted by Gasteiger charge is -2.40. The number of pyridine rings is 2. The van der Waals surface area contributed by atoms with Gasteiger partial charge in [0.2, 0.25) is 0 Å². The summed E-state index contributed by atoms with van der Waals surface area (Å²) in [6.07, 6.45) is 8.36. The molecule has 0 saturated carbocycles. The monoisotopic (exact) mass is 1010 g/mol. The third kappa shape index (κ3) is 10.9. The van der Waals surface area contributed by atoms with Crippen LogP contribution in [0.15, 0.2) is 107 Å². The van der Waals surface area contributed by atoms with Gasteiger partial charge < -0.3 is 29.2 Å². The first kappa shape index (κ1) is 46.7. The van der Waals surface area contributed by atoms with Crippen LogP contribution < -0.4 is 18.9 Å². The third-order valence-corrected chi connectivity index (χ3v) is 13.8. The van der Waals surface area contributed by atoms with Gasteiger partial charge in [-0.15, -0.1) is 0 Å². The zero-order valence-electron chi connectivity index (χ0n) is 36.8. The summed E-state index contributed by atoms with van der Waals surface area (Å²) in [6.45, 7) is 8.58. The van der Waals surface area contributed by atoms with Gasteiger partial charge in [-0.2, -0.15) is 10.5 Å². The summed E-state index contributed by atoms with van der Waals surface area (Å²) in [5.74, 6) is 2.59. The average molecular weight is 1010 g/mol. The maximum atomic E-state index is 9.85. The number of hydrogen-bond donors (Lipinski definition) is 2. The molecule has 4 heterocycles. The molecule has 66 heavy (non-hydrogen) atoms. The minimum absolute atomic E-state index is 0.110. The summed E-state index contributed by atoms with van der Waals surface area (Å²) in [5, 5.41) is 38.5. The molecule has 2 N–H and O–H groups in total. The molecule has 2 aliphatic rings. The van der Waals surface area contributed by atoms with E-state index in [1.807, 2.05) is 24.3 Å². The van der Waals surface area contributed by atoms with Crippen molar-refractivity contribution in [2.45, 2.75) is 78.3 Å². The van der Waals surface area contributed by atoms with Gasteiger partial charge in [0.25, 0.3) is 0 Å². The Labute approximate surface area is 402 Å². The van der Waals surface area contributed by atoms with E-state index in [1.54, 1.807) is 24.5 Å². The van der Waals surface area contributed by atoms with Crippen LogP contribution >= 0.6 is 31.9 Å². The molecule has 0 radical (unpaired) electrons. The first-order valence-electron chi connectivity index (χ1n) is 21.9. The summed E-state index contributed by atoms with van der Waals surface area (Å²) >= 11 is 7.53. The molecule has 14 heteroatoms. The van der Waals surface area contributed by atoms with Crippen LogP contribution in [0, 0.1) is 36.5 Å². The maximum absolute atomic E-state index is 9.85. The van der Waals surface area contributed by atoms with Crippen molar-refractivity contribution in [3.8, 4) is 46.3 Å². The van der Waals surface area contributed by atoms with Crippen molar-refractivity contribution >= 4 is 31.9 Å². The molecular weight excluding hydrogens is 964 g/mol. The van der Waals surface area contributed by atoms with E-state index in [0.717, 1.165) is 90.5 Å². The smallest absolute Gasteiger partial charge is 0.137 e. The second kappa shape index (κ2) is 21.6. The van der Waals surface area contributed by atoms with Crippen molar-refractivity contribution in [1.29, 1.82) is 10.5 Å². The summed E-state index contributed by atoms with van der Waals surface area (Å²) in [5.41, 5.74) is 10.9. The number of aliphatic hydroxyl groups is 2. The number of ether oxygens (including phenoxy) is 4. The molecule has 8 rings (SSSR count). The zero-order chi connectivity index (χ0) is 46.2. The van der Waals surface area contributed by atoms with E-state index in [9.17, 15) is 20.7 Å². The van der Waals surface area contributed by atoms with Crippen molar-refractivity contribution in [2.24, 2.45) is 0 Å². The second-order valence-electron chi connectivity index (χ2n) is 16.7. The summed E-state index contributed by atoms with van der Waals surface area (Å²) < 4.78 is 27.4. The molecule has 12 nitrogen and oxygen atoms in total. The first-order valence-corrected chi connectivity index (χ1v) is 23.4. The van der Waals surface area contributed by atoms with Gasteiger partial charge in [0, 0.05) is 97.4 Å². The van der Waals surface area contributed by atoms with Crippen LogP contribution in [0.1, 0.15) is 68.5 Å². The molecule has 2 fully saturated rings. The van der Waals surface area contributed by atoms with E-state index in [2.05, 4.69) is 114 Å². The van der Waals surface area contributed by atoms with Crippen molar-refractivity contribution in [3.05, 3.63) is 162 Å². The van der Waals surface area contributed by atoms with Crippen molar-refractivity contribution < 1.29 is 29.2 Å². The van der Waals surface area contributed by atoms with Crippen LogP contribution in [0.3, 0.4) is 0 Å². The molecule has 2 atom stereocenters. The van der Waals surface area contributed by atoms with Gasteiger partial charge in [-0.05, 0) is 116 Å². The molecule has 2 saturated heterocycles. The molecule has 338 valence electrons. The molecule has 4 aromatic carbocycles. The van der Waals surface area contributed by atoms with Crippen molar-refractivity contribution in [3.63, 3.8) is 0 Å². The Morgan fingerprint density at radius 3 is 1.38 bits per heavy atom. The first-order chi connectivity index (χ1) is 32.1. The number of likely N-dealkylation sites (tertiary alicyclic amines) is 2. The van der Waals surface area contributed by atoms with Crippen LogP contribution in [0.25, 0.3) is 11.1 Å². The van der Waals surface area contributed by atoms with E-state index in [4.69, 9.17) is 18.9 Å². The molecular formula is C52H50Br2N6O6. The Morgan fingerprint density at radius 1 is 0.576 bits per heavy atom. The van der Waals surface area contributed by atoms with Crippen LogP contribution in [0.4, 0.5) is 0 Å². The molecule has 2 aromatic heterocycles. The molecule has 6 aromatic rings. The van der Waals surface area contributed by atoms with E-state index >= 15 is 0 Å². The highest BCUT2D eigenvalue weighted by molar-refractivity contribution is 9.11. The molecule has 0 aliphatic carbocycles. The van der Waals surface area contributed by atoms with Crippen LogP contribution in [-0.2, 0) is 39.5 Å². The normalized spacial score (nSPS) is 15.8. The molecule has 0 spiro atoms. The van der Waals surface area contributed by atoms with E-state index in [-0.39, 0.29) is 38.5 Å². The number of nitriles is 2.